The second kappa shape index (κ2) is 4.69. The molecule has 0 aliphatic heterocycles. The van der Waals surface area contributed by atoms with Crippen LogP contribution in [-0.4, -0.2) is 10.1 Å². The maximum atomic E-state index is 5.93. The van der Waals surface area contributed by atoms with Crippen molar-refractivity contribution >= 4 is 28.3 Å². The van der Waals surface area contributed by atoms with Crippen LogP contribution in [0, 0.1) is 10.5 Å². The molecule has 2 aromatic heterocycles. The first-order valence-electron chi connectivity index (χ1n) is 5.59. The van der Waals surface area contributed by atoms with Crippen LogP contribution in [0.1, 0.15) is 5.76 Å². The third-order valence-corrected chi connectivity index (χ3v) is 3.44. The average Bonchev–Trinajstić information content (AvgIpc) is 3.00. The Hall–Kier alpha value is -1.83. The molecule has 6 heteroatoms. The van der Waals surface area contributed by atoms with Crippen molar-refractivity contribution in [3.63, 3.8) is 0 Å². The Balaban J connectivity index is 2.06. The number of aromatic nitrogens is 2. The van der Waals surface area contributed by atoms with E-state index < -0.39 is 0 Å². The van der Waals surface area contributed by atoms with Crippen molar-refractivity contribution in [1.82, 2.24) is 10.1 Å². The van der Waals surface area contributed by atoms with Crippen LogP contribution in [0.15, 0.2) is 39.5 Å². The normalized spacial score (nSPS) is 10.8. The summed E-state index contributed by atoms with van der Waals surface area (Å²) >= 11 is 2.21. The summed E-state index contributed by atoms with van der Waals surface area (Å²) in [5.41, 5.74) is 8.10. The van der Waals surface area contributed by atoms with Crippen LogP contribution in [0.5, 0.6) is 0 Å². The second-order valence-electron chi connectivity index (χ2n) is 4.05. The third kappa shape index (κ3) is 2.23. The van der Waals surface area contributed by atoms with Gasteiger partial charge in [-0.05, 0) is 53.8 Å². The molecule has 0 fully saturated rings. The summed E-state index contributed by atoms with van der Waals surface area (Å²) in [5, 5.41) is 3.96. The summed E-state index contributed by atoms with van der Waals surface area (Å²) in [6.45, 7) is 1.85. The summed E-state index contributed by atoms with van der Waals surface area (Å²) in [7, 11) is 0. The van der Waals surface area contributed by atoms with Gasteiger partial charge >= 0.3 is 0 Å². The Kier molecular flexibility index (Phi) is 3.02. The van der Waals surface area contributed by atoms with E-state index in [1.165, 1.54) is 0 Å². The highest BCUT2D eigenvalue weighted by Crippen LogP contribution is 2.29. The maximum Gasteiger partial charge on any atom is 0.260 e. The largest absolute Gasteiger partial charge is 0.469 e. The fourth-order valence-corrected chi connectivity index (χ4v) is 2.26. The van der Waals surface area contributed by atoms with E-state index in [9.17, 15) is 0 Å². The molecule has 3 rings (SSSR count). The van der Waals surface area contributed by atoms with Gasteiger partial charge < -0.3 is 14.7 Å². The van der Waals surface area contributed by atoms with Crippen molar-refractivity contribution < 1.29 is 8.94 Å². The predicted molar refractivity (Wildman–Crippen MR) is 79.3 cm³/mol. The van der Waals surface area contributed by atoms with Crippen molar-refractivity contribution in [1.29, 1.82) is 0 Å². The van der Waals surface area contributed by atoms with Crippen molar-refractivity contribution in [2.24, 2.45) is 0 Å². The van der Waals surface area contributed by atoms with E-state index in [4.69, 9.17) is 14.7 Å². The average molecular weight is 367 g/mol. The highest BCUT2D eigenvalue weighted by molar-refractivity contribution is 14.1. The van der Waals surface area contributed by atoms with Gasteiger partial charge in [0.15, 0.2) is 0 Å². The molecule has 0 unspecified atom stereocenters. The SMILES string of the molecule is Cc1occc1-c1noc(-c2cc(I)ccc2N)n1. The molecule has 0 radical (unpaired) electrons. The number of hydrogen-bond donors (Lipinski definition) is 1. The monoisotopic (exact) mass is 367 g/mol. The van der Waals surface area contributed by atoms with Crippen LogP contribution in [0.25, 0.3) is 22.8 Å². The summed E-state index contributed by atoms with van der Waals surface area (Å²) in [6, 6.07) is 7.47. The minimum atomic E-state index is 0.409. The van der Waals surface area contributed by atoms with E-state index in [0.717, 1.165) is 20.5 Å². The number of halogens is 1. The van der Waals surface area contributed by atoms with Gasteiger partial charge in [-0.1, -0.05) is 5.16 Å². The van der Waals surface area contributed by atoms with E-state index in [2.05, 4.69) is 32.7 Å². The van der Waals surface area contributed by atoms with E-state index >= 15 is 0 Å². The zero-order chi connectivity index (χ0) is 13.4. The highest BCUT2D eigenvalue weighted by atomic mass is 127. The van der Waals surface area contributed by atoms with Gasteiger partial charge in [-0.25, -0.2) is 0 Å². The lowest BCUT2D eigenvalue weighted by molar-refractivity contribution is 0.432. The minimum Gasteiger partial charge on any atom is -0.469 e. The van der Waals surface area contributed by atoms with E-state index in [1.54, 1.807) is 6.26 Å². The van der Waals surface area contributed by atoms with Crippen molar-refractivity contribution in [2.45, 2.75) is 6.92 Å². The molecule has 1 aromatic carbocycles. The number of aryl methyl sites for hydroxylation is 1. The minimum absolute atomic E-state index is 0.409. The van der Waals surface area contributed by atoms with Crippen LogP contribution in [0.4, 0.5) is 5.69 Å². The van der Waals surface area contributed by atoms with Crippen molar-refractivity contribution in [3.8, 4) is 22.8 Å². The summed E-state index contributed by atoms with van der Waals surface area (Å²) in [4.78, 5) is 4.36. The number of anilines is 1. The van der Waals surface area contributed by atoms with Gasteiger partial charge in [-0.3, -0.25) is 0 Å². The van der Waals surface area contributed by atoms with Gasteiger partial charge in [0.1, 0.15) is 5.76 Å². The van der Waals surface area contributed by atoms with Crippen molar-refractivity contribution in [3.05, 3.63) is 39.9 Å². The molecule has 0 saturated carbocycles. The zero-order valence-corrected chi connectivity index (χ0v) is 12.2. The van der Waals surface area contributed by atoms with Crippen LogP contribution >= 0.6 is 22.6 Å². The van der Waals surface area contributed by atoms with E-state index in [-0.39, 0.29) is 0 Å². The smallest absolute Gasteiger partial charge is 0.260 e. The summed E-state index contributed by atoms with van der Waals surface area (Å²) in [5.74, 6) is 1.66. The fraction of sp³-hybridized carbons (Fsp3) is 0.0769. The first-order valence-corrected chi connectivity index (χ1v) is 6.66. The molecular formula is C13H10IN3O2. The summed E-state index contributed by atoms with van der Waals surface area (Å²) in [6.07, 6.45) is 1.60. The molecule has 2 N–H and O–H groups in total. The lowest BCUT2D eigenvalue weighted by atomic mass is 10.2. The molecule has 0 atom stereocenters. The van der Waals surface area contributed by atoms with Gasteiger partial charge in [0.05, 0.1) is 17.4 Å². The summed E-state index contributed by atoms with van der Waals surface area (Å²) < 4.78 is 11.6. The van der Waals surface area contributed by atoms with E-state index in [0.29, 0.717) is 17.4 Å². The number of benzene rings is 1. The molecule has 96 valence electrons. The number of nitrogens with two attached hydrogens (primary N) is 1. The van der Waals surface area contributed by atoms with Crippen LogP contribution in [0.2, 0.25) is 0 Å². The Labute approximate surface area is 122 Å². The zero-order valence-electron chi connectivity index (χ0n) is 10.1. The van der Waals surface area contributed by atoms with Gasteiger partial charge in [0, 0.05) is 9.26 Å². The lowest BCUT2D eigenvalue weighted by Gasteiger charge is -2.00. The number of hydrogen-bond acceptors (Lipinski definition) is 5. The number of rotatable bonds is 2. The molecule has 0 spiro atoms. The molecule has 0 saturated heterocycles. The lowest BCUT2D eigenvalue weighted by Crippen LogP contribution is -1.91. The Morgan fingerprint density at radius 2 is 2.05 bits per heavy atom. The molecule has 5 nitrogen and oxygen atoms in total. The molecule has 3 aromatic rings. The van der Waals surface area contributed by atoms with Crippen molar-refractivity contribution in [2.75, 3.05) is 5.73 Å². The number of nitrogens with zero attached hydrogens (tertiary/aromatic N) is 2. The Bertz CT molecular complexity index is 733. The first kappa shape index (κ1) is 12.2. The highest BCUT2D eigenvalue weighted by Gasteiger charge is 2.15. The quantitative estimate of drug-likeness (QED) is 0.554. The Morgan fingerprint density at radius 1 is 1.21 bits per heavy atom. The predicted octanol–water partition coefficient (Wildman–Crippen LogP) is 3.49. The molecule has 0 aliphatic rings. The standard InChI is InChI=1S/C13H10IN3O2/c1-7-9(4-5-18-7)12-16-13(19-17-12)10-6-8(14)2-3-11(10)15/h2-6H,15H2,1H3. The third-order valence-electron chi connectivity index (χ3n) is 2.77. The fourth-order valence-electron chi connectivity index (χ4n) is 1.77. The number of nitrogen functional groups attached to an aromatic ring is 1. The molecule has 0 aliphatic carbocycles. The van der Waals surface area contributed by atoms with Crippen LogP contribution in [0.3, 0.4) is 0 Å². The van der Waals surface area contributed by atoms with Gasteiger partial charge in [-0.15, -0.1) is 0 Å². The molecule has 19 heavy (non-hydrogen) atoms. The van der Waals surface area contributed by atoms with Gasteiger partial charge in [-0.2, -0.15) is 4.98 Å². The van der Waals surface area contributed by atoms with Gasteiger partial charge in [0.25, 0.3) is 5.89 Å². The maximum absolute atomic E-state index is 5.93. The van der Waals surface area contributed by atoms with E-state index in [1.807, 2.05) is 31.2 Å². The van der Waals surface area contributed by atoms with Crippen LogP contribution < -0.4 is 5.73 Å². The second-order valence-corrected chi connectivity index (χ2v) is 5.29. The van der Waals surface area contributed by atoms with Gasteiger partial charge in [0.2, 0.25) is 5.82 Å². The molecule has 0 bridgehead atoms. The topological polar surface area (TPSA) is 78.1 Å². The molecule has 0 amide bonds. The molecular weight excluding hydrogens is 357 g/mol. The first-order chi connectivity index (χ1) is 9.15. The molecule has 2 heterocycles. The number of furan rings is 1. The Morgan fingerprint density at radius 3 is 2.79 bits per heavy atom. The van der Waals surface area contributed by atoms with Crippen LogP contribution in [-0.2, 0) is 0 Å².